The van der Waals surface area contributed by atoms with E-state index in [1.54, 1.807) is 19.1 Å². The summed E-state index contributed by atoms with van der Waals surface area (Å²) in [6.45, 7) is 2.37. The van der Waals surface area contributed by atoms with Crippen LogP contribution in [0.5, 0.6) is 0 Å². The summed E-state index contributed by atoms with van der Waals surface area (Å²) in [5, 5.41) is 1.03. The van der Waals surface area contributed by atoms with E-state index in [9.17, 15) is 4.79 Å². The third-order valence-corrected chi connectivity index (χ3v) is 1.90. The minimum Gasteiger partial charge on any atom is -0.448 e. The average molecular weight is 223 g/mol. The number of nitrogens with two attached hydrogens (primary N) is 1. The number of nitrogens with zero attached hydrogens (tertiary/aromatic N) is 1. The second-order valence-electron chi connectivity index (χ2n) is 2.94. The smallest absolute Gasteiger partial charge is 0.438 e. The molecule has 0 bridgehead atoms. The highest BCUT2D eigenvalue weighted by Gasteiger charge is 2.16. The number of hydroxylamine groups is 1. The Balaban J connectivity index is 2.89. The molecular weight excluding hydrogens is 208 g/mol. The van der Waals surface area contributed by atoms with Crippen molar-refractivity contribution in [2.45, 2.75) is 13.5 Å². The van der Waals surface area contributed by atoms with Crippen LogP contribution < -0.4 is 10.8 Å². The second-order valence-corrected chi connectivity index (χ2v) is 2.94. The third kappa shape index (κ3) is 2.95. The number of carbonyl (C=O) groups is 1. The van der Waals surface area contributed by atoms with Crippen molar-refractivity contribution in [3.8, 4) is 0 Å². The lowest BCUT2D eigenvalue weighted by molar-refractivity contribution is 0.104. The van der Waals surface area contributed by atoms with Crippen LogP contribution in [0.15, 0.2) is 18.2 Å². The largest absolute Gasteiger partial charge is 0.448 e. The maximum absolute atomic E-state index is 11.5. The normalized spacial score (nSPS) is 9.94. The van der Waals surface area contributed by atoms with Gasteiger partial charge in [-0.1, -0.05) is 12.1 Å². The SMILES string of the molecule is CCOC(=O)N(OC)c1[c]c(CN)ccc1. The predicted molar refractivity (Wildman–Crippen MR) is 59.7 cm³/mol. The van der Waals surface area contributed by atoms with E-state index in [-0.39, 0.29) is 6.61 Å². The van der Waals surface area contributed by atoms with Gasteiger partial charge in [0.05, 0.1) is 19.4 Å². The van der Waals surface area contributed by atoms with Gasteiger partial charge in [0.25, 0.3) is 0 Å². The molecular formula is C11H15N2O3. The van der Waals surface area contributed by atoms with Gasteiger partial charge in [-0.25, -0.2) is 4.79 Å². The molecule has 0 heterocycles. The lowest BCUT2D eigenvalue weighted by Crippen LogP contribution is -2.30. The van der Waals surface area contributed by atoms with E-state index >= 15 is 0 Å². The molecule has 0 aliphatic rings. The van der Waals surface area contributed by atoms with Gasteiger partial charge in [0.1, 0.15) is 0 Å². The van der Waals surface area contributed by atoms with Crippen LogP contribution in [0.2, 0.25) is 0 Å². The fourth-order valence-electron chi connectivity index (χ4n) is 1.19. The predicted octanol–water partition coefficient (Wildman–Crippen LogP) is 1.47. The van der Waals surface area contributed by atoms with Crippen molar-refractivity contribution in [2.24, 2.45) is 5.73 Å². The van der Waals surface area contributed by atoms with Gasteiger partial charge >= 0.3 is 6.09 Å². The maximum atomic E-state index is 11.5. The zero-order valence-corrected chi connectivity index (χ0v) is 9.40. The van der Waals surface area contributed by atoms with Gasteiger partial charge in [0.15, 0.2) is 0 Å². The molecule has 0 aliphatic carbocycles. The summed E-state index contributed by atoms with van der Waals surface area (Å²) in [6.07, 6.45) is -0.574. The molecule has 1 radical (unpaired) electrons. The first-order valence-electron chi connectivity index (χ1n) is 4.95. The quantitative estimate of drug-likeness (QED) is 0.785. The summed E-state index contributed by atoms with van der Waals surface area (Å²) in [6, 6.07) is 8.25. The number of carbonyl (C=O) groups excluding carboxylic acids is 1. The Morgan fingerprint density at radius 2 is 2.31 bits per heavy atom. The zero-order chi connectivity index (χ0) is 12.0. The van der Waals surface area contributed by atoms with E-state index in [1.807, 2.05) is 6.07 Å². The molecule has 0 aliphatic heterocycles. The van der Waals surface area contributed by atoms with Crippen LogP contribution >= 0.6 is 0 Å². The number of anilines is 1. The highest BCUT2D eigenvalue weighted by Crippen LogP contribution is 2.16. The summed E-state index contributed by atoms with van der Waals surface area (Å²) in [4.78, 5) is 16.4. The molecule has 1 aromatic carbocycles. The van der Waals surface area contributed by atoms with Crippen molar-refractivity contribution >= 4 is 11.8 Å². The molecule has 0 unspecified atom stereocenters. The molecule has 0 aromatic heterocycles. The Labute approximate surface area is 94.7 Å². The Hall–Kier alpha value is -1.59. The van der Waals surface area contributed by atoms with E-state index in [1.165, 1.54) is 7.11 Å². The van der Waals surface area contributed by atoms with Crippen molar-refractivity contribution in [3.63, 3.8) is 0 Å². The number of amides is 1. The van der Waals surface area contributed by atoms with Crippen LogP contribution in [0.25, 0.3) is 0 Å². The Morgan fingerprint density at radius 3 is 2.88 bits per heavy atom. The molecule has 1 rings (SSSR count). The first-order valence-corrected chi connectivity index (χ1v) is 4.95. The molecule has 0 saturated heterocycles. The number of hydrogen-bond donors (Lipinski definition) is 1. The summed E-state index contributed by atoms with van der Waals surface area (Å²) in [5.41, 5.74) is 6.76. The van der Waals surface area contributed by atoms with Gasteiger partial charge in [0.2, 0.25) is 0 Å². The van der Waals surface area contributed by atoms with E-state index < -0.39 is 6.09 Å². The third-order valence-electron chi connectivity index (χ3n) is 1.90. The zero-order valence-electron chi connectivity index (χ0n) is 9.40. The number of hydrogen-bond acceptors (Lipinski definition) is 4. The van der Waals surface area contributed by atoms with Crippen molar-refractivity contribution in [3.05, 3.63) is 29.8 Å². The van der Waals surface area contributed by atoms with Gasteiger partial charge in [-0.2, -0.15) is 5.06 Å². The number of ether oxygens (including phenoxy) is 1. The van der Waals surface area contributed by atoms with E-state index in [2.05, 4.69) is 6.07 Å². The molecule has 1 amide bonds. The lowest BCUT2D eigenvalue weighted by atomic mass is 10.2. The van der Waals surface area contributed by atoms with E-state index in [0.29, 0.717) is 12.2 Å². The fraction of sp³-hybridized carbons (Fsp3) is 0.364. The van der Waals surface area contributed by atoms with Crippen molar-refractivity contribution in [2.75, 3.05) is 18.8 Å². The van der Waals surface area contributed by atoms with Crippen LogP contribution in [0.3, 0.4) is 0 Å². The van der Waals surface area contributed by atoms with Crippen LogP contribution in [0.1, 0.15) is 12.5 Å². The fourth-order valence-corrected chi connectivity index (χ4v) is 1.19. The van der Waals surface area contributed by atoms with Crippen LogP contribution in [0, 0.1) is 6.07 Å². The highest BCUT2D eigenvalue weighted by molar-refractivity contribution is 5.85. The van der Waals surface area contributed by atoms with Gasteiger partial charge in [-0.3, -0.25) is 4.84 Å². The second kappa shape index (κ2) is 6.09. The summed E-state index contributed by atoms with van der Waals surface area (Å²) in [7, 11) is 1.39. The molecule has 0 fully saturated rings. The number of benzene rings is 1. The van der Waals surface area contributed by atoms with Crippen molar-refractivity contribution in [1.82, 2.24) is 0 Å². The lowest BCUT2D eigenvalue weighted by Gasteiger charge is -2.18. The Morgan fingerprint density at radius 1 is 1.56 bits per heavy atom. The molecule has 1 aromatic rings. The van der Waals surface area contributed by atoms with Crippen LogP contribution in [-0.4, -0.2) is 19.8 Å². The summed E-state index contributed by atoms with van der Waals surface area (Å²) in [5.74, 6) is 0. The molecule has 16 heavy (non-hydrogen) atoms. The van der Waals surface area contributed by atoms with Gasteiger partial charge in [-0.15, -0.1) is 0 Å². The molecule has 0 atom stereocenters. The van der Waals surface area contributed by atoms with Crippen LogP contribution in [0.4, 0.5) is 10.5 Å². The van der Waals surface area contributed by atoms with E-state index in [4.69, 9.17) is 15.3 Å². The summed E-state index contributed by atoms with van der Waals surface area (Å²) < 4.78 is 4.83. The standard InChI is InChI=1S/C11H15N2O3/c1-3-16-11(14)13(15-2)10-6-4-5-9(7-10)8-12/h4-6H,3,8,12H2,1-2H3. The molecule has 87 valence electrons. The van der Waals surface area contributed by atoms with Crippen molar-refractivity contribution in [1.29, 1.82) is 0 Å². The molecule has 0 spiro atoms. The minimum absolute atomic E-state index is 0.287. The van der Waals surface area contributed by atoms with Crippen molar-refractivity contribution < 1.29 is 14.4 Å². The minimum atomic E-state index is -0.574. The van der Waals surface area contributed by atoms with Crippen LogP contribution in [-0.2, 0) is 16.1 Å². The Bertz CT molecular complexity index is 355. The first kappa shape index (κ1) is 12.5. The topological polar surface area (TPSA) is 64.8 Å². The maximum Gasteiger partial charge on any atom is 0.438 e. The summed E-state index contributed by atoms with van der Waals surface area (Å²) >= 11 is 0. The molecule has 0 saturated carbocycles. The highest BCUT2D eigenvalue weighted by atomic mass is 16.7. The number of rotatable bonds is 4. The van der Waals surface area contributed by atoms with Gasteiger partial charge < -0.3 is 10.5 Å². The van der Waals surface area contributed by atoms with Gasteiger partial charge in [-0.05, 0) is 18.6 Å². The average Bonchev–Trinajstić information content (AvgIpc) is 2.31. The first-order chi connectivity index (χ1) is 7.72. The molecule has 2 N–H and O–H groups in total. The molecule has 5 heteroatoms. The van der Waals surface area contributed by atoms with Gasteiger partial charge in [0, 0.05) is 12.6 Å². The van der Waals surface area contributed by atoms with E-state index in [0.717, 1.165) is 10.6 Å². The Kier molecular flexibility index (Phi) is 4.75. The monoisotopic (exact) mass is 223 g/mol. The molecule has 5 nitrogen and oxygen atoms in total.